The van der Waals surface area contributed by atoms with Crippen molar-refractivity contribution in [1.82, 2.24) is 0 Å². The number of rotatable bonds is 4. The predicted molar refractivity (Wildman–Crippen MR) is 79.6 cm³/mol. The molecule has 0 aliphatic heterocycles. The fraction of sp³-hybridized carbons (Fsp3) is 0.133. The van der Waals surface area contributed by atoms with Crippen LogP contribution in [0.25, 0.3) is 0 Å². The first-order valence-corrected chi connectivity index (χ1v) is 6.75. The molecule has 0 radical (unpaired) electrons. The number of benzene rings is 2. The zero-order valence-electron chi connectivity index (χ0n) is 10.8. The Balaban J connectivity index is 2.23. The van der Waals surface area contributed by atoms with Crippen LogP contribution in [0.5, 0.6) is 0 Å². The van der Waals surface area contributed by atoms with Crippen LogP contribution in [0.3, 0.4) is 0 Å². The molecule has 2 rings (SSSR count). The molecular weight excluding hydrogens is 325 g/mol. The van der Waals surface area contributed by atoms with Gasteiger partial charge in [-0.05, 0) is 40.2 Å². The Morgan fingerprint density at radius 2 is 2.00 bits per heavy atom. The van der Waals surface area contributed by atoms with Crippen LogP contribution < -0.4 is 4.90 Å². The minimum atomic E-state index is -0.978. The van der Waals surface area contributed by atoms with Gasteiger partial charge >= 0.3 is 5.97 Å². The highest BCUT2D eigenvalue weighted by molar-refractivity contribution is 9.10. The lowest BCUT2D eigenvalue weighted by atomic mass is 10.1. The van der Waals surface area contributed by atoms with Crippen molar-refractivity contribution in [2.24, 2.45) is 0 Å². The monoisotopic (exact) mass is 337 g/mol. The first kappa shape index (κ1) is 14.5. The van der Waals surface area contributed by atoms with Gasteiger partial charge < -0.3 is 10.0 Å². The van der Waals surface area contributed by atoms with Crippen molar-refractivity contribution in [2.75, 3.05) is 11.9 Å². The van der Waals surface area contributed by atoms with Crippen LogP contribution in [0.4, 0.5) is 10.1 Å². The summed E-state index contributed by atoms with van der Waals surface area (Å²) in [5, 5.41) is 8.93. The van der Waals surface area contributed by atoms with Crippen molar-refractivity contribution in [3.8, 4) is 0 Å². The maximum Gasteiger partial charge on any atom is 0.335 e. The molecule has 0 heterocycles. The maximum atomic E-state index is 13.6. The summed E-state index contributed by atoms with van der Waals surface area (Å²) in [6, 6.07) is 11.4. The SMILES string of the molecule is CN(Cc1ccccc1F)c1ccc(C(=O)O)cc1Br. The quantitative estimate of drug-likeness (QED) is 0.919. The van der Waals surface area contributed by atoms with Gasteiger partial charge in [0.15, 0.2) is 0 Å². The van der Waals surface area contributed by atoms with E-state index in [0.717, 1.165) is 5.69 Å². The van der Waals surface area contributed by atoms with Crippen LogP contribution in [0.15, 0.2) is 46.9 Å². The van der Waals surface area contributed by atoms with E-state index >= 15 is 0 Å². The fourth-order valence-electron chi connectivity index (χ4n) is 1.92. The molecule has 5 heteroatoms. The smallest absolute Gasteiger partial charge is 0.335 e. The van der Waals surface area contributed by atoms with Gasteiger partial charge in [-0.2, -0.15) is 0 Å². The summed E-state index contributed by atoms with van der Waals surface area (Å²) in [4.78, 5) is 12.7. The Kier molecular flexibility index (Phi) is 4.39. The van der Waals surface area contributed by atoms with E-state index in [-0.39, 0.29) is 11.4 Å². The molecular formula is C15H13BrFNO2. The number of hydrogen-bond donors (Lipinski definition) is 1. The van der Waals surface area contributed by atoms with Crippen molar-refractivity contribution in [3.05, 3.63) is 63.9 Å². The number of halogens is 2. The molecule has 0 atom stereocenters. The Labute approximate surface area is 124 Å². The molecule has 0 aliphatic rings. The lowest BCUT2D eigenvalue weighted by Crippen LogP contribution is -2.18. The van der Waals surface area contributed by atoms with Crippen molar-refractivity contribution in [2.45, 2.75) is 6.54 Å². The fourth-order valence-corrected chi connectivity index (χ4v) is 2.60. The summed E-state index contributed by atoms with van der Waals surface area (Å²) in [6.07, 6.45) is 0. The molecule has 0 aliphatic carbocycles. The number of aromatic carboxylic acids is 1. The molecule has 0 bridgehead atoms. The van der Waals surface area contributed by atoms with E-state index in [0.29, 0.717) is 16.6 Å². The van der Waals surface area contributed by atoms with E-state index < -0.39 is 5.97 Å². The molecule has 20 heavy (non-hydrogen) atoms. The maximum absolute atomic E-state index is 13.6. The van der Waals surface area contributed by atoms with Gasteiger partial charge in [0.25, 0.3) is 0 Å². The first-order valence-electron chi connectivity index (χ1n) is 5.96. The predicted octanol–water partition coefficient (Wildman–Crippen LogP) is 3.92. The number of anilines is 1. The second-order valence-corrected chi connectivity index (χ2v) is 5.27. The molecule has 3 nitrogen and oxygen atoms in total. The molecule has 1 N–H and O–H groups in total. The third-order valence-corrected chi connectivity index (χ3v) is 3.61. The molecule has 0 saturated carbocycles. The van der Waals surface area contributed by atoms with Crippen LogP contribution in [-0.4, -0.2) is 18.1 Å². The normalized spacial score (nSPS) is 10.3. The lowest BCUT2D eigenvalue weighted by Gasteiger charge is -2.21. The minimum absolute atomic E-state index is 0.208. The highest BCUT2D eigenvalue weighted by Crippen LogP contribution is 2.28. The van der Waals surface area contributed by atoms with E-state index in [9.17, 15) is 9.18 Å². The molecule has 0 unspecified atom stereocenters. The second kappa shape index (κ2) is 6.05. The van der Waals surface area contributed by atoms with Crippen molar-refractivity contribution >= 4 is 27.6 Å². The number of carbonyl (C=O) groups is 1. The van der Waals surface area contributed by atoms with Gasteiger partial charge in [-0.3, -0.25) is 0 Å². The molecule has 0 spiro atoms. The van der Waals surface area contributed by atoms with Gasteiger partial charge in [0.2, 0.25) is 0 Å². The Bertz CT molecular complexity index is 646. The van der Waals surface area contributed by atoms with Crippen molar-refractivity contribution in [1.29, 1.82) is 0 Å². The molecule has 0 fully saturated rings. The summed E-state index contributed by atoms with van der Waals surface area (Å²) >= 11 is 3.35. The molecule has 0 aromatic heterocycles. The second-order valence-electron chi connectivity index (χ2n) is 4.42. The molecule has 0 saturated heterocycles. The number of nitrogens with zero attached hydrogens (tertiary/aromatic N) is 1. The van der Waals surface area contributed by atoms with Crippen LogP contribution in [0.1, 0.15) is 15.9 Å². The summed E-state index contributed by atoms with van der Waals surface area (Å²) in [5.74, 6) is -1.23. The van der Waals surface area contributed by atoms with Gasteiger partial charge in [0, 0.05) is 23.6 Å². The first-order chi connectivity index (χ1) is 9.49. The van der Waals surface area contributed by atoms with Crippen LogP contribution in [-0.2, 0) is 6.54 Å². The molecule has 2 aromatic carbocycles. The van der Waals surface area contributed by atoms with Crippen molar-refractivity contribution in [3.63, 3.8) is 0 Å². The summed E-state index contributed by atoms with van der Waals surface area (Å²) in [5.41, 5.74) is 1.60. The summed E-state index contributed by atoms with van der Waals surface area (Å²) < 4.78 is 14.3. The Hall–Kier alpha value is -1.88. The average molecular weight is 338 g/mol. The van der Waals surface area contributed by atoms with Gasteiger partial charge in [-0.1, -0.05) is 18.2 Å². The van der Waals surface area contributed by atoms with Crippen LogP contribution in [0, 0.1) is 5.82 Å². The third kappa shape index (κ3) is 3.17. The number of carboxylic acid groups (broad SMARTS) is 1. The van der Waals surface area contributed by atoms with Gasteiger partial charge in [-0.15, -0.1) is 0 Å². The largest absolute Gasteiger partial charge is 0.478 e. The van der Waals surface area contributed by atoms with Crippen molar-refractivity contribution < 1.29 is 14.3 Å². The minimum Gasteiger partial charge on any atom is -0.478 e. The van der Waals surface area contributed by atoms with Crippen LogP contribution >= 0.6 is 15.9 Å². The Morgan fingerprint density at radius 3 is 2.60 bits per heavy atom. The average Bonchev–Trinajstić information content (AvgIpc) is 2.41. The number of hydrogen-bond acceptors (Lipinski definition) is 2. The van der Waals surface area contributed by atoms with E-state index in [1.54, 1.807) is 24.3 Å². The molecule has 104 valence electrons. The molecule has 0 amide bonds. The van der Waals surface area contributed by atoms with Gasteiger partial charge in [0.1, 0.15) is 5.82 Å². The van der Waals surface area contributed by atoms with E-state index in [4.69, 9.17) is 5.11 Å². The third-order valence-electron chi connectivity index (χ3n) is 2.97. The number of carboxylic acids is 1. The van der Waals surface area contributed by atoms with Crippen LogP contribution in [0.2, 0.25) is 0 Å². The summed E-state index contributed by atoms with van der Waals surface area (Å²) in [6.45, 7) is 0.400. The van der Waals surface area contributed by atoms with E-state index in [1.165, 1.54) is 18.2 Å². The lowest BCUT2D eigenvalue weighted by molar-refractivity contribution is 0.0697. The zero-order chi connectivity index (χ0) is 14.7. The van der Waals surface area contributed by atoms with E-state index in [1.807, 2.05) is 11.9 Å². The zero-order valence-corrected chi connectivity index (χ0v) is 12.4. The topological polar surface area (TPSA) is 40.5 Å². The Morgan fingerprint density at radius 1 is 1.30 bits per heavy atom. The molecule has 2 aromatic rings. The highest BCUT2D eigenvalue weighted by Gasteiger charge is 2.11. The van der Waals surface area contributed by atoms with E-state index in [2.05, 4.69) is 15.9 Å². The standard InChI is InChI=1S/C15H13BrFNO2/c1-18(9-11-4-2-3-5-13(11)17)14-7-6-10(15(19)20)8-12(14)16/h2-8H,9H2,1H3,(H,19,20). The highest BCUT2D eigenvalue weighted by atomic mass is 79.9. The van der Waals surface area contributed by atoms with Gasteiger partial charge in [-0.25, -0.2) is 9.18 Å². The summed E-state index contributed by atoms with van der Waals surface area (Å²) in [7, 11) is 1.83. The van der Waals surface area contributed by atoms with Gasteiger partial charge in [0.05, 0.1) is 11.3 Å².